The molecule has 0 atom stereocenters. The summed E-state index contributed by atoms with van der Waals surface area (Å²) in [5, 5.41) is 7.89. The molecule has 146 valence electrons. The van der Waals surface area contributed by atoms with Gasteiger partial charge in [-0.1, -0.05) is 13.2 Å². The van der Waals surface area contributed by atoms with E-state index in [4.69, 9.17) is 14.2 Å². The van der Waals surface area contributed by atoms with Gasteiger partial charge in [-0.15, -0.1) is 0 Å². The highest BCUT2D eigenvalue weighted by molar-refractivity contribution is 7.86. The van der Waals surface area contributed by atoms with Crippen LogP contribution < -0.4 is 0 Å². The van der Waals surface area contributed by atoms with E-state index in [0.29, 0.717) is 0 Å². The molecule has 12 heteroatoms. The summed E-state index contributed by atoms with van der Waals surface area (Å²) < 4.78 is 63.1. The zero-order valence-corrected chi connectivity index (χ0v) is 15.3. The molecule has 0 saturated heterocycles. The molecule has 0 spiro atoms. The second-order valence-corrected chi connectivity index (χ2v) is 8.00. The molecule has 0 heterocycles. The number of carboxylic acid groups (broad SMARTS) is 1. The first-order valence-electron chi connectivity index (χ1n) is 6.79. The summed E-state index contributed by atoms with van der Waals surface area (Å²) in [5.74, 6) is -2.71. The first-order chi connectivity index (χ1) is 11.2. The predicted molar refractivity (Wildman–Crippen MR) is 89.2 cm³/mol. The third-order valence-electron chi connectivity index (χ3n) is 2.31. The fourth-order valence-corrected chi connectivity index (χ4v) is 2.07. The number of carbonyl (C=O) groups excluding carboxylic acids is 1. The van der Waals surface area contributed by atoms with E-state index in [1.807, 2.05) is 0 Å². The summed E-state index contributed by atoms with van der Waals surface area (Å²) >= 11 is 0. The molecule has 25 heavy (non-hydrogen) atoms. The van der Waals surface area contributed by atoms with Crippen molar-refractivity contribution >= 4 is 32.2 Å². The van der Waals surface area contributed by atoms with Crippen LogP contribution in [0.5, 0.6) is 0 Å². The van der Waals surface area contributed by atoms with Crippen LogP contribution in [0.15, 0.2) is 24.3 Å². The van der Waals surface area contributed by atoms with Crippen LogP contribution in [0.3, 0.4) is 0 Å². The van der Waals surface area contributed by atoms with Crippen LogP contribution in [0.25, 0.3) is 0 Å². The maximum atomic E-state index is 11.3. The Balaban J connectivity index is 0. The quantitative estimate of drug-likeness (QED) is 0.204. The minimum Gasteiger partial charge on any atom is -0.478 e. The average Bonchev–Trinajstić information content (AvgIpc) is 2.41. The van der Waals surface area contributed by atoms with Crippen LogP contribution in [0.2, 0.25) is 0 Å². The van der Waals surface area contributed by atoms with Gasteiger partial charge in [-0.05, 0) is 26.2 Å². The summed E-state index contributed by atoms with van der Waals surface area (Å²) in [4.78, 5) is 20.9. The fraction of sp³-hybridized carbons (Fsp3) is 0.538. The monoisotopic (exact) mass is 402 g/mol. The molecule has 0 unspecified atom stereocenters. The summed E-state index contributed by atoms with van der Waals surface area (Å²) in [5.41, 5.74) is 0.200. The maximum Gasteiger partial charge on any atom is 0.333 e. The van der Waals surface area contributed by atoms with Crippen LogP contribution in [-0.4, -0.2) is 61.1 Å². The van der Waals surface area contributed by atoms with Gasteiger partial charge in [0.05, 0.1) is 18.1 Å². The van der Waals surface area contributed by atoms with Gasteiger partial charge in [-0.2, -0.15) is 16.8 Å². The van der Waals surface area contributed by atoms with Crippen molar-refractivity contribution in [1.82, 2.24) is 0 Å². The summed E-state index contributed by atoms with van der Waals surface area (Å²) in [7, 11) is -8.15. The highest BCUT2D eigenvalue weighted by Crippen LogP contribution is 2.06. The lowest BCUT2D eigenvalue weighted by molar-refractivity contribution is -0.139. The van der Waals surface area contributed by atoms with Gasteiger partial charge in [-0.25, -0.2) is 9.59 Å². The van der Waals surface area contributed by atoms with E-state index in [0.717, 1.165) is 0 Å². The largest absolute Gasteiger partial charge is 0.478 e. The molecule has 0 aliphatic heterocycles. The van der Waals surface area contributed by atoms with Crippen molar-refractivity contribution in [3.63, 3.8) is 0 Å². The molecule has 0 saturated carbocycles. The van der Waals surface area contributed by atoms with Crippen molar-refractivity contribution in [2.45, 2.75) is 26.2 Å². The van der Waals surface area contributed by atoms with Gasteiger partial charge in [0.2, 0.25) is 0 Å². The Hall–Kier alpha value is -1.76. The first kappa shape index (κ1) is 25.5. The Morgan fingerprint density at radius 1 is 0.960 bits per heavy atom. The van der Waals surface area contributed by atoms with Gasteiger partial charge >= 0.3 is 11.9 Å². The van der Waals surface area contributed by atoms with E-state index >= 15 is 0 Å². The SMILES string of the molecule is C=C(C)C(=O)O.C=C(CCCS(=O)(=O)O)C(=O)OCCCS(=O)(=O)O. The van der Waals surface area contributed by atoms with Gasteiger partial charge in [-0.3, -0.25) is 9.11 Å². The Labute approximate surface area is 146 Å². The van der Waals surface area contributed by atoms with Gasteiger partial charge in [0.25, 0.3) is 20.2 Å². The minimum absolute atomic E-state index is 0.0236. The Bertz CT molecular complexity index is 676. The molecule has 0 amide bonds. The molecule has 0 aliphatic rings. The number of hydrogen-bond acceptors (Lipinski definition) is 7. The average molecular weight is 402 g/mol. The molecule has 10 nitrogen and oxygen atoms in total. The number of hydrogen-bond donors (Lipinski definition) is 3. The highest BCUT2D eigenvalue weighted by Gasteiger charge is 2.11. The zero-order chi connectivity index (χ0) is 20.3. The second-order valence-electron chi connectivity index (χ2n) is 4.85. The van der Waals surface area contributed by atoms with Crippen molar-refractivity contribution < 1.29 is 45.4 Å². The van der Waals surface area contributed by atoms with E-state index in [9.17, 15) is 26.4 Å². The Kier molecular flexibility index (Phi) is 12.0. The van der Waals surface area contributed by atoms with Crippen molar-refractivity contribution in [2.75, 3.05) is 18.1 Å². The topological polar surface area (TPSA) is 172 Å². The lowest BCUT2D eigenvalue weighted by atomic mass is 10.2. The van der Waals surface area contributed by atoms with Crippen molar-refractivity contribution in [3.05, 3.63) is 24.3 Å². The normalized spacial score (nSPS) is 11.0. The minimum atomic E-state index is -4.08. The first-order valence-corrected chi connectivity index (χ1v) is 10.0. The molecule has 0 aromatic heterocycles. The molecular formula is C13H22O10S2. The summed E-state index contributed by atoms with van der Waals surface area (Å²) in [6.45, 7) is 7.79. The van der Waals surface area contributed by atoms with E-state index in [2.05, 4.69) is 17.9 Å². The number of esters is 1. The molecule has 0 radical (unpaired) electrons. The molecule has 3 N–H and O–H groups in total. The predicted octanol–water partition coefficient (Wildman–Crippen LogP) is 0.679. The number of rotatable bonds is 10. The zero-order valence-electron chi connectivity index (χ0n) is 13.7. The van der Waals surface area contributed by atoms with Crippen molar-refractivity contribution in [3.8, 4) is 0 Å². The van der Waals surface area contributed by atoms with Gasteiger partial charge in [0.15, 0.2) is 0 Å². The molecule has 0 bridgehead atoms. The van der Waals surface area contributed by atoms with E-state index < -0.39 is 43.7 Å². The molecule has 0 aromatic rings. The van der Waals surface area contributed by atoms with Crippen LogP contribution in [0, 0.1) is 0 Å². The summed E-state index contributed by atoms with van der Waals surface area (Å²) in [6.07, 6.45) is 0.0115. The van der Waals surface area contributed by atoms with Gasteiger partial charge in [0, 0.05) is 11.1 Å². The Morgan fingerprint density at radius 3 is 1.72 bits per heavy atom. The molecule has 0 aliphatic carbocycles. The van der Waals surface area contributed by atoms with E-state index in [1.54, 1.807) is 0 Å². The van der Waals surface area contributed by atoms with Crippen LogP contribution in [0.4, 0.5) is 0 Å². The Morgan fingerprint density at radius 2 is 1.36 bits per heavy atom. The number of aliphatic carboxylic acids is 1. The van der Waals surface area contributed by atoms with Gasteiger partial charge in [0.1, 0.15) is 0 Å². The smallest absolute Gasteiger partial charge is 0.333 e. The summed E-state index contributed by atoms with van der Waals surface area (Å²) in [6, 6.07) is 0. The van der Waals surface area contributed by atoms with Crippen LogP contribution in [0.1, 0.15) is 26.2 Å². The number of carbonyl (C=O) groups is 2. The third-order valence-corrected chi connectivity index (χ3v) is 3.92. The lowest BCUT2D eigenvalue weighted by Gasteiger charge is -2.06. The molecule has 0 aromatic carbocycles. The van der Waals surface area contributed by atoms with Crippen molar-refractivity contribution in [2.24, 2.45) is 0 Å². The molecule has 0 fully saturated rings. The fourth-order valence-electron chi connectivity index (χ4n) is 1.08. The third kappa shape index (κ3) is 20.2. The standard InChI is InChI=1S/C9H16O8S2.C4H6O2/c1-8(4-2-6-18(11,12)13)9(10)17-5-3-7-19(14,15)16;1-3(2)4(5)6/h1-7H2,(H,11,12,13)(H,14,15,16);1H2,2H3,(H,5,6). The van der Waals surface area contributed by atoms with Crippen LogP contribution >= 0.6 is 0 Å². The van der Waals surface area contributed by atoms with Crippen LogP contribution in [-0.2, 0) is 34.6 Å². The second kappa shape index (κ2) is 11.7. The maximum absolute atomic E-state index is 11.3. The molecular weight excluding hydrogens is 380 g/mol. The van der Waals surface area contributed by atoms with E-state index in [-0.39, 0.29) is 37.0 Å². The number of ether oxygens (including phenoxy) is 1. The lowest BCUT2D eigenvalue weighted by Crippen LogP contribution is -2.13. The highest BCUT2D eigenvalue weighted by atomic mass is 32.2. The van der Waals surface area contributed by atoms with Gasteiger partial charge < -0.3 is 9.84 Å². The van der Waals surface area contributed by atoms with Crippen molar-refractivity contribution in [1.29, 1.82) is 0 Å². The number of carboxylic acids is 1. The van der Waals surface area contributed by atoms with E-state index in [1.165, 1.54) is 6.92 Å². The molecule has 0 rings (SSSR count).